The van der Waals surface area contributed by atoms with E-state index >= 15 is 0 Å². The van der Waals surface area contributed by atoms with Gasteiger partial charge >= 0.3 is 11.9 Å². The lowest BCUT2D eigenvalue weighted by atomic mass is 9.73. The predicted molar refractivity (Wildman–Crippen MR) is 80.9 cm³/mol. The van der Waals surface area contributed by atoms with Crippen LogP contribution in [0.25, 0.3) is 0 Å². The second kappa shape index (κ2) is 6.65. The molecule has 2 aliphatic rings. The molecule has 0 bridgehead atoms. The van der Waals surface area contributed by atoms with E-state index in [1.54, 1.807) is 0 Å². The molecule has 5 heteroatoms. The van der Waals surface area contributed by atoms with Gasteiger partial charge < -0.3 is 14.6 Å². The minimum atomic E-state index is -0.721. The molecule has 0 radical (unpaired) electrons. The molecular formula is C17H24O5. The first kappa shape index (κ1) is 16.7. The highest BCUT2D eigenvalue weighted by Crippen LogP contribution is 2.43. The molecule has 1 saturated heterocycles. The van der Waals surface area contributed by atoms with E-state index in [4.69, 9.17) is 9.47 Å². The van der Waals surface area contributed by atoms with Crippen LogP contribution in [0.4, 0.5) is 0 Å². The van der Waals surface area contributed by atoms with Crippen LogP contribution in [0.15, 0.2) is 23.3 Å². The summed E-state index contributed by atoms with van der Waals surface area (Å²) < 4.78 is 10.2. The van der Waals surface area contributed by atoms with E-state index in [0.717, 1.165) is 24.0 Å². The van der Waals surface area contributed by atoms with Crippen LogP contribution < -0.4 is 0 Å². The Kier molecular flexibility index (Phi) is 5.06. The van der Waals surface area contributed by atoms with E-state index in [0.29, 0.717) is 18.6 Å². The third-order valence-electron chi connectivity index (χ3n) is 4.60. The molecule has 2 rings (SSSR count). The van der Waals surface area contributed by atoms with Gasteiger partial charge in [0.2, 0.25) is 0 Å². The minimum absolute atomic E-state index is 0.162. The summed E-state index contributed by atoms with van der Waals surface area (Å²) >= 11 is 0. The monoisotopic (exact) mass is 308 g/mol. The summed E-state index contributed by atoms with van der Waals surface area (Å²) in [6.07, 6.45) is 1.20. The molecular weight excluding hydrogens is 284 g/mol. The summed E-state index contributed by atoms with van der Waals surface area (Å²) in [6, 6.07) is 0. The lowest BCUT2D eigenvalue weighted by molar-refractivity contribution is -0.141. The van der Waals surface area contributed by atoms with Gasteiger partial charge in [-0.2, -0.15) is 0 Å². The summed E-state index contributed by atoms with van der Waals surface area (Å²) in [5.74, 6) is -0.843. The Labute approximate surface area is 131 Å². The highest BCUT2D eigenvalue weighted by molar-refractivity contribution is 5.91. The molecule has 0 unspecified atom stereocenters. The van der Waals surface area contributed by atoms with E-state index in [-0.39, 0.29) is 23.9 Å². The molecule has 4 atom stereocenters. The predicted octanol–water partition coefficient (Wildman–Crippen LogP) is 2.14. The first-order chi connectivity index (χ1) is 10.3. The lowest BCUT2D eigenvalue weighted by Gasteiger charge is -2.35. The van der Waals surface area contributed by atoms with Gasteiger partial charge in [0.05, 0.1) is 18.6 Å². The molecule has 1 aliphatic heterocycles. The number of aliphatic hydroxyl groups excluding tert-OH is 1. The van der Waals surface area contributed by atoms with Crippen LogP contribution in [-0.2, 0) is 19.1 Å². The smallest absolute Gasteiger partial charge is 0.334 e. The van der Waals surface area contributed by atoms with Crippen LogP contribution in [-0.4, -0.2) is 35.9 Å². The van der Waals surface area contributed by atoms with Crippen molar-refractivity contribution in [3.8, 4) is 0 Å². The molecule has 1 aliphatic carbocycles. The van der Waals surface area contributed by atoms with Crippen LogP contribution in [0.2, 0.25) is 0 Å². The van der Waals surface area contributed by atoms with Crippen molar-refractivity contribution >= 4 is 11.9 Å². The summed E-state index contributed by atoms with van der Waals surface area (Å²) in [6.45, 7) is 9.58. The molecule has 0 spiro atoms. The Morgan fingerprint density at radius 2 is 2.23 bits per heavy atom. The average Bonchev–Trinajstić information content (AvgIpc) is 2.69. The highest BCUT2D eigenvalue weighted by Gasteiger charge is 2.47. The molecule has 5 nitrogen and oxygen atoms in total. The van der Waals surface area contributed by atoms with Crippen LogP contribution in [0.3, 0.4) is 0 Å². The quantitative estimate of drug-likeness (QED) is 0.364. The number of carbonyl (C=O) groups excluding carboxylic acids is 2. The number of esters is 2. The molecule has 1 fully saturated rings. The number of ether oxygens (including phenoxy) is 2. The number of aliphatic hydroxyl groups is 1. The summed E-state index contributed by atoms with van der Waals surface area (Å²) in [7, 11) is 0. The lowest BCUT2D eigenvalue weighted by Crippen LogP contribution is -2.37. The van der Waals surface area contributed by atoms with Crippen molar-refractivity contribution in [1.29, 1.82) is 0 Å². The third-order valence-corrected chi connectivity index (χ3v) is 4.60. The SMILES string of the molecule is C=C1C(=O)O[C@H]2CC(C)=C([C@H](C)CCCOC(C)=O)[C@H](O)[C@@H]12. The number of hydrogen-bond donors (Lipinski definition) is 1. The fraction of sp³-hybridized carbons (Fsp3) is 0.647. The van der Waals surface area contributed by atoms with E-state index in [9.17, 15) is 14.7 Å². The van der Waals surface area contributed by atoms with E-state index in [1.807, 2.05) is 6.92 Å². The first-order valence-corrected chi connectivity index (χ1v) is 7.73. The topological polar surface area (TPSA) is 72.8 Å². The number of hydrogen-bond acceptors (Lipinski definition) is 5. The Morgan fingerprint density at radius 1 is 1.55 bits per heavy atom. The second-order valence-corrected chi connectivity index (χ2v) is 6.26. The second-order valence-electron chi connectivity index (χ2n) is 6.26. The van der Waals surface area contributed by atoms with Crippen molar-refractivity contribution in [2.24, 2.45) is 11.8 Å². The standard InChI is InChI=1S/C17H24O5/c1-9(6-5-7-21-12(4)18)14-10(2)8-13-15(16(14)19)11(3)17(20)22-13/h9,13,15-16,19H,3,5-8H2,1-2,4H3/t9-,13+,15+,16+/m1/s1. The molecule has 0 saturated carbocycles. The highest BCUT2D eigenvalue weighted by atomic mass is 16.6. The molecule has 122 valence electrons. The molecule has 0 aromatic carbocycles. The van der Waals surface area contributed by atoms with Gasteiger partial charge in [-0.15, -0.1) is 0 Å². The zero-order valence-electron chi connectivity index (χ0n) is 13.4. The average molecular weight is 308 g/mol. The summed E-state index contributed by atoms with van der Waals surface area (Å²) in [5.41, 5.74) is 2.43. The Hall–Kier alpha value is -1.62. The van der Waals surface area contributed by atoms with Gasteiger partial charge in [-0.05, 0) is 31.3 Å². The maximum absolute atomic E-state index is 11.6. The fourth-order valence-corrected chi connectivity index (χ4v) is 3.55. The van der Waals surface area contributed by atoms with Gasteiger partial charge in [0.15, 0.2) is 0 Å². The van der Waals surface area contributed by atoms with Gasteiger partial charge in [0, 0.05) is 18.9 Å². The maximum Gasteiger partial charge on any atom is 0.334 e. The van der Waals surface area contributed by atoms with Crippen molar-refractivity contribution in [2.75, 3.05) is 6.61 Å². The van der Waals surface area contributed by atoms with Gasteiger partial charge in [-0.3, -0.25) is 4.79 Å². The van der Waals surface area contributed by atoms with Crippen molar-refractivity contribution in [3.63, 3.8) is 0 Å². The largest absolute Gasteiger partial charge is 0.466 e. The Bertz CT molecular complexity index is 519. The first-order valence-electron chi connectivity index (χ1n) is 7.73. The van der Waals surface area contributed by atoms with Crippen molar-refractivity contribution in [2.45, 2.75) is 52.2 Å². The van der Waals surface area contributed by atoms with Crippen LogP contribution >= 0.6 is 0 Å². The van der Waals surface area contributed by atoms with E-state index in [1.165, 1.54) is 6.92 Å². The molecule has 1 N–H and O–H groups in total. The number of fused-ring (bicyclic) bond motifs is 1. The van der Waals surface area contributed by atoms with Gasteiger partial charge in [0.1, 0.15) is 6.10 Å². The van der Waals surface area contributed by atoms with Gasteiger partial charge in [-0.25, -0.2) is 4.79 Å². The fourth-order valence-electron chi connectivity index (χ4n) is 3.55. The van der Waals surface area contributed by atoms with Crippen LogP contribution in [0.1, 0.15) is 40.0 Å². The summed E-state index contributed by atoms with van der Waals surface area (Å²) in [5, 5.41) is 10.7. The molecule has 0 aromatic rings. The van der Waals surface area contributed by atoms with Crippen molar-refractivity contribution in [3.05, 3.63) is 23.3 Å². The van der Waals surface area contributed by atoms with E-state index in [2.05, 4.69) is 13.5 Å². The third kappa shape index (κ3) is 3.24. The van der Waals surface area contributed by atoms with E-state index < -0.39 is 12.1 Å². The van der Waals surface area contributed by atoms with Crippen LogP contribution in [0.5, 0.6) is 0 Å². The number of rotatable bonds is 5. The van der Waals surface area contributed by atoms with Crippen molar-refractivity contribution in [1.82, 2.24) is 0 Å². The van der Waals surface area contributed by atoms with Crippen LogP contribution in [0, 0.1) is 11.8 Å². The number of carbonyl (C=O) groups is 2. The van der Waals surface area contributed by atoms with Gasteiger partial charge in [-0.1, -0.05) is 19.1 Å². The normalized spacial score (nSPS) is 29.2. The molecule has 0 amide bonds. The molecule has 1 heterocycles. The van der Waals surface area contributed by atoms with Crippen molar-refractivity contribution < 1.29 is 24.2 Å². The zero-order valence-corrected chi connectivity index (χ0v) is 13.4. The minimum Gasteiger partial charge on any atom is -0.466 e. The Balaban J connectivity index is 2.03. The molecule has 22 heavy (non-hydrogen) atoms. The summed E-state index contributed by atoms with van der Waals surface area (Å²) in [4.78, 5) is 22.4. The zero-order chi connectivity index (χ0) is 16.4. The maximum atomic E-state index is 11.6. The van der Waals surface area contributed by atoms with Gasteiger partial charge in [0.25, 0.3) is 0 Å². The molecule has 0 aromatic heterocycles. The Morgan fingerprint density at radius 3 is 2.86 bits per heavy atom.